The third-order valence-corrected chi connectivity index (χ3v) is 6.16. The number of fused-ring (bicyclic) bond motifs is 1. The Morgan fingerprint density at radius 1 is 0.971 bits per heavy atom. The number of nitrogens with zero attached hydrogens (tertiary/aromatic N) is 3. The van der Waals surface area contributed by atoms with Gasteiger partial charge in [-0.3, -0.25) is 4.79 Å². The van der Waals surface area contributed by atoms with Crippen LogP contribution in [-0.2, 0) is 19.6 Å². The number of aromatic nitrogens is 3. The maximum atomic E-state index is 13.2. The van der Waals surface area contributed by atoms with Gasteiger partial charge in [-0.15, -0.1) is 0 Å². The predicted octanol–water partition coefficient (Wildman–Crippen LogP) is 5.32. The topological polar surface area (TPSA) is 90.3 Å². The minimum Gasteiger partial charge on any atom is -0.495 e. The van der Waals surface area contributed by atoms with E-state index in [2.05, 4.69) is 20.7 Å². The summed E-state index contributed by atoms with van der Waals surface area (Å²) in [7, 11) is 3.13. The molecule has 0 aliphatic carbocycles. The average Bonchev–Trinajstić information content (AvgIpc) is 3.29. The predicted molar refractivity (Wildman–Crippen MR) is 138 cm³/mol. The van der Waals surface area contributed by atoms with E-state index in [-0.39, 0.29) is 5.91 Å². The molecule has 0 aliphatic rings. The van der Waals surface area contributed by atoms with E-state index in [4.69, 9.17) is 32.7 Å². The van der Waals surface area contributed by atoms with Crippen LogP contribution in [0.15, 0.2) is 48.8 Å². The zero-order valence-electron chi connectivity index (χ0n) is 19.6. The highest BCUT2D eigenvalue weighted by Crippen LogP contribution is 2.29. The Labute approximate surface area is 213 Å². The smallest absolute Gasteiger partial charge is 0.255 e. The molecule has 0 aliphatic heterocycles. The fraction of sp³-hybridized carbons (Fsp3) is 0.240. The number of pyridine rings is 1. The number of hydrogen-bond acceptors (Lipinski definition) is 6. The summed E-state index contributed by atoms with van der Waals surface area (Å²) in [5.41, 5.74) is 3.53. The third-order valence-electron chi connectivity index (χ3n) is 5.57. The van der Waals surface area contributed by atoms with Crippen molar-refractivity contribution in [2.45, 2.75) is 26.6 Å². The lowest BCUT2D eigenvalue weighted by atomic mass is 10.1. The molecule has 2 aromatic carbocycles. The van der Waals surface area contributed by atoms with E-state index in [9.17, 15) is 4.79 Å². The lowest BCUT2D eigenvalue weighted by Gasteiger charge is -2.14. The van der Waals surface area contributed by atoms with Crippen LogP contribution in [0.25, 0.3) is 11.0 Å². The number of methoxy groups -OCH3 is 2. The second-order valence-corrected chi connectivity index (χ2v) is 8.53. The van der Waals surface area contributed by atoms with Crippen LogP contribution in [0.5, 0.6) is 11.5 Å². The molecule has 4 rings (SSSR count). The first kappa shape index (κ1) is 24.6. The maximum Gasteiger partial charge on any atom is 0.255 e. The van der Waals surface area contributed by atoms with Gasteiger partial charge in [0.1, 0.15) is 11.5 Å². The Morgan fingerprint density at radius 3 is 2.17 bits per heavy atom. The van der Waals surface area contributed by atoms with Gasteiger partial charge >= 0.3 is 0 Å². The number of anilines is 1. The summed E-state index contributed by atoms with van der Waals surface area (Å²) < 4.78 is 12.2. The zero-order valence-corrected chi connectivity index (χ0v) is 21.1. The Bertz CT molecular complexity index is 1370. The van der Waals surface area contributed by atoms with Gasteiger partial charge in [0.25, 0.3) is 5.91 Å². The van der Waals surface area contributed by atoms with Gasteiger partial charge in [0.15, 0.2) is 5.65 Å². The molecule has 0 fully saturated rings. The first-order chi connectivity index (χ1) is 16.9. The number of hydrogen-bond donors (Lipinski definition) is 2. The quantitative estimate of drug-likeness (QED) is 0.314. The molecule has 1 amide bonds. The molecule has 0 saturated carbocycles. The van der Waals surface area contributed by atoms with Crippen molar-refractivity contribution in [1.29, 1.82) is 0 Å². The number of halogens is 2. The zero-order chi connectivity index (χ0) is 24.9. The van der Waals surface area contributed by atoms with Crippen LogP contribution in [0, 0.1) is 0 Å². The molecule has 4 aromatic rings. The van der Waals surface area contributed by atoms with Crippen molar-refractivity contribution >= 4 is 45.8 Å². The number of carbonyl (C=O) groups excluding carboxylic acids is 1. The van der Waals surface area contributed by atoms with E-state index in [0.29, 0.717) is 58.1 Å². The van der Waals surface area contributed by atoms with E-state index in [0.717, 1.165) is 16.5 Å². The molecule has 2 heterocycles. The fourth-order valence-corrected chi connectivity index (χ4v) is 4.29. The van der Waals surface area contributed by atoms with E-state index in [1.165, 1.54) is 0 Å². The summed E-state index contributed by atoms with van der Waals surface area (Å²) in [6.07, 6.45) is 3.28. The molecule has 182 valence electrons. The molecule has 8 nitrogen and oxygen atoms in total. The largest absolute Gasteiger partial charge is 0.495 e. The lowest BCUT2D eigenvalue weighted by molar-refractivity contribution is 0.0951. The van der Waals surface area contributed by atoms with Gasteiger partial charge in [-0.2, -0.15) is 5.10 Å². The highest BCUT2D eigenvalue weighted by molar-refractivity contribution is 6.32. The van der Waals surface area contributed by atoms with Crippen LogP contribution < -0.4 is 20.1 Å². The number of ether oxygens (including phenoxy) is 2. The Balaban J connectivity index is 1.60. The summed E-state index contributed by atoms with van der Waals surface area (Å²) in [5.74, 6) is 0.907. The Morgan fingerprint density at radius 2 is 1.60 bits per heavy atom. The molecule has 2 aromatic heterocycles. The summed E-state index contributed by atoms with van der Waals surface area (Å²) in [6.45, 7) is 3.38. The number of aryl methyl sites for hydroxylation is 1. The van der Waals surface area contributed by atoms with Crippen LogP contribution >= 0.6 is 23.2 Å². The van der Waals surface area contributed by atoms with E-state index < -0.39 is 0 Å². The standard InChI is InChI=1S/C25H25Cl2N5O3/c1-4-32-24-17(14-31-32)23(28-11-15-5-7-21(34-2)19(26)9-15)18(13-29-24)25(33)30-12-16-6-8-22(35-3)20(27)10-16/h5-10,13-14H,4,11-12H2,1-3H3,(H,28,29)(H,30,33). The van der Waals surface area contributed by atoms with Crippen LogP contribution in [0.3, 0.4) is 0 Å². The number of benzene rings is 2. The molecule has 0 bridgehead atoms. The molecule has 0 saturated heterocycles. The molecule has 35 heavy (non-hydrogen) atoms. The number of amides is 1. The van der Waals surface area contributed by atoms with E-state index in [1.54, 1.807) is 43.4 Å². The van der Waals surface area contributed by atoms with Crippen molar-refractivity contribution in [3.63, 3.8) is 0 Å². The van der Waals surface area contributed by atoms with Crippen LogP contribution in [0.1, 0.15) is 28.4 Å². The van der Waals surface area contributed by atoms with Gasteiger partial charge in [-0.05, 0) is 42.3 Å². The van der Waals surface area contributed by atoms with Gasteiger partial charge in [-0.25, -0.2) is 9.67 Å². The van der Waals surface area contributed by atoms with Crippen molar-refractivity contribution in [3.05, 3.63) is 75.5 Å². The van der Waals surface area contributed by atoms with Crippen molar-refractivity contribution in [1.82, 2.24) is 20.1 Å². The van der Waals surface area contributed by atoms with Gasteiger partial charge in [0.2, 0.25) is 0 Å². The molecule has 0 unspecified atom stereocenters. The molecular formula is C25H25Cl2N5O3. The number of carbonyl (C=O) groups is 1. The van der Waals surface area contributed by atoms with E-state index in [1.807, 2.05) is 31.2 Å². The summed E-state index contributed by atoms with van der Waals surface area (Å²) in [4.78, 5) is 17.7. The van der Waals surface area contributed by atoms with Gasteiger partial charge in [-0.1, -0.05) is 35.3 Å². The number of nitrogens with one attached hydrogen (secondary N) is 2. The maximum absolute atomic E-state index is 13.2. The SMILES string of the molecule is CCn1ncc2c(NCc3ccc(OC)c(Cl)c3)c(C(=O)NCc3ccc(OC)c(Cl)c3)cnc21. The normalized spacial score (nSPS) is 10.9. The van der Waals surface area contributed by atoms with Crippen molar-refractivity contribution < 1.29 is 14.3 Å². The molecule has 0 atom stereocenters. The van der Waals surface area contributed by atoms with Crippen LogP contribution in [-0.4, -0.2) is 34.9 Å². The highest BCUT2D eigenvalue weighted by Gasteiger charge is 2.18. The minimum absolute atomic E-state index is 0.272. The van der Waals surface area contributed by atoms with Gasteiger partial charge in [0, 0.05) is 25.8 Å². The van der Waals surface area contributed by atoms with Crippen LogP contribution in [0.2, 0.25) is 10.0 Å². The Hall–Kier alpha value is -3.49. The third kappa shape index (κ3) is 5.28. The minimum atomic E-state index is -0.272. The van der Waals surface area contributed by atoms with Crippen molar-refractivity contribution in [3.8, 4) is 11.5 Å². The summed E-state index contributed by atoms with van der Waals surface area (Å²) >= 11 is 12.5. The average molecular weight is 514 g/mol. The lowest BCUT2D eigenvalue weighted by Crippen LogP contribution is -2.24. The van der Waals surface area contributed by atoms with Crippen molar-refractivity contribution in [2.75, 3.05) is 19.5 Å². The molecule has 10 heteroatoms. The second kappa shape index (κ2) is 10.8. The number of rotatable bonds is 9. The highest BCUT2D eigenvalue weighted by atomic mass is 35.5. The first-order valence-corrected chi connectivity index (χ1v) is 11.7. The monoisotopic (exact) mass is 513 g/mol. The van der Waals surface area contributed by atoms with Crippen LogP contribution in [0.4, 0.5) is 5.69 Å². The molecule has 2 N–H and O–H groups in total. The summed E-state index contributed by atoms with van der Waals surface area (Å²) in [5, 5.41) is 12.5. The summed E-state index contributed by atoms with van der Waals surface area (Å²) in [6, 6.07) is 10.9. The molecular weight excluding hydrogens is 489 g/mol. The first-order valence-electron chi connectivity index (χ1n) is 11.0. The Kier molecular flexibility index (Phi) is 7.63. The molecule has 0 radical (unpaired) electrons. The molecule has 0 spiro atoms. The van der Waals surface area contributed by atoms with E-state index >= 15 is 0 Å². The van der Waals surface area contributed by atoms with Crippen molar-refractivity contribution in [2.24, 2.45) is 0 Å². The second-order valence-electron chi connectivity index (χ2n) is 7.72. The fourth-order valence-electron chi connectivity index (χ4n) is 3.73. The van der Waals surface area contributed by atoms with Gasteiger partial charge in [0.05, 0.1) is 47.1 Å². The van der Waals surface area contributed by atoms with Gasteiger partial charge < -0.3 is 20.1 Å².